The average molecular weight is 255 g/mol. The van der Waals surface area contributed by atoms with E-state index in [9.17, 15) is 0 Å². The maximum absolute atomic E-state index is 5.43. The van der Waals surface area contributed by atoms with E-state index in [1.165, 1.54) is 37.7 Å². The van der Waals surface area contributed by atoms with Crippen LogP contribution in [-0.4, -0.2) is 6.04 Å². The summed E-state index contributed by atoms with van der Waals surface area (Å²) in [4.78, 5) is 0. The molecule has 0 radical (unpaired) electrons. The maximum Gasteiger partial charge on any atom is 0.0351 e. The van der Waals surface area contributed by atoms with Gasteiger partial charge in [0.1, 0.15) is 0 Å². The molecule has 19 heavy (non-hydrogen) atoms. The Hall–Kier alpha value is -1.26. The van der Waals surface area contributed by atoms with E-state index in [0.29, 0.717) is 12.1 Å². The van der Waals surface area contributed by atoms with E-state index >= 15 is 0 Å². The second-order valence-corrected chi connectivity index (χ2v) is 5.76. The van der Waals surface area contributed by atoms with Gasteiger partial charge >= 0.3 is 0 Å². The molecule has 1 heteroatoms. The predicted molar refractivity (Wildman–Crippen MR) is 81.8 cm³/mol. The van der Waals surface area contributed by atoms with E-state index in [0.717, 1.165) is 12.3 Å². The highest BCUT2D eigenvalue weighted by Gasteiger charge is 2.25. The molecule has 1 saturated carbocycles. The summed E-state index contributed by atoms with van der Waals surface area (Å²) in [7, 11) is 0. The molecule has 1 aromatic rings. The van der Waals surface area contributed by atoms with Crippen LogP contribution in [0.25, 0.3) is 0 Å². The topological polar surface area (TPSA) is 12.0 Å². The molecule has 0 saturated heterocycles. The molecule has 2 atom stereocenters. The van der Waals surface area contributed by atoms with Crippen molar-refractivity contribution >= 4 is 0 Å². The van der Waals surface area contributed by atoms with E-state index < -0.39 is 0 Å². The SMILES string of the molecule is C#CCC(C)NC(c1ccccc1)C1CCCCC1. The van der Waals surface area contributed by atoms with Gasteiger partial charge < -0.3 is 5.32 Å². The first-order valence-electron chi connectivity index (χ1n) is 7.55. The lowest BCUT2D eigenvalue weighted by atomic mass is 9.81. The van der Waals surface area contributed by atoms with Crippen molar-refractivity contribution in [1.29, 1.82) is 0 Å². The molecule has 2 rings (SSSR count). The Balaban J connectivity index is 2.10. The lowest BCUT2D eigenvalue weighted by Crippen LogP contribution is -2.35. The number of hydrogen-bond acceptors (Lipinski definition) is 1. The summed E-state index contributed by atoms with van der Waals surface area (Å²) in [6, 6.07) is 11.7. The Morgan fingerprint density at radius 3 is 2.53 bits per heavy atom. The first-order chi connectivity index (χ1) is 9.31. The van der Waals surface area contributed by atoms with Crippen LogP contribution in [-0.2, 0) is 0 Å². The summed E-state index contributed by atoms with van der Waals surface area (Å²) in [5.41, 5.74) is 1.42. The van der Waals surface area contributed by atoms with Crippen molar-refractivity contribution in [3.8, 4) is 12.3 Å². The smallest absolute Gasteiger partial charge is 0.0351 e. The minimum absolute atomic E-state index is 0.386. The number of hydrogen-bond donors (Lipinski definition) is 1. The predicted octanol–water partition coefficient (Wildman–Crippen LogP) is 4.31. The molecule has 0 spiro atoms. The summed E-state index contributed by atoms with van der Waals surface area (Å²) < 4.78 is 0. The molecule has 0 heterocycles. The fourth-order valence-corrected chi connectivity index (χ4v) is 3.17. The van der Waals surface area contributed by atoms with Crippen molar-refractivity contribution in [2.24, 2.45) is 5.92 Å². The van der Waals surface area contributed by atoms with Crippen LogP contribution < -0.4 is 5.32 Å². The van der Waals surface area contributed by atoms with Gasteiger partial charge in [0.05, 0.1) is 0 Å². The van der Waals surface area contributed by atoms with Crippen LogP contribution in [0.3, 0.4) is 0 Å². The van der Waals surface area contributed by atoms with E-state index in [4.69, 9.17) is 6.42 Å². The monoisotopic (exact) mass is 255 g/mol. The molecule has 1 aromatic carbocycles. The molecule has 1 aliphatic carbocycles. The minimum atomic E-state index is 0.386. The minimum Gasteiger partial charge on any atom is -0.306 e. The average Bonchev–Trinajstić information content (AvgIpc) is 2.47. The van der Waals surface area contributed by atoms with Crippen molar-refractivity contribution in [3.05, 3.63) is 35.9 Å². The van der Waals surface area contributed by atoms with Gasteiger partial charge in [0.15, 0.2) is 0 Å². The van der Waals surface area contributed by atoms with Gasteiger partial charge in [0.2, 0.25) is 0 Å². The molecule has 2 unspecified atom stereocenters. The second-order valence-electron chi connectivity index (χ2n) is 5.76. The summed E-state index contributed by atoms with van der Waals surface area (Å²) >= 11 is 0. The molecule has 0 amide bonds. The van der Waals surface area contributed by atoms with Crippen LogP contribution in [0.5, 0.6) is 0 Å². The molecule has 1 fully saturated rings. The highest BCUT2D eigenvalue weighted by Crippen LogP contribution is 2.34. The first kappa shape index (κ1) is 14.2. The fraction of sp³-hybridized carbons (Fsp3) is 0.556. The van der Waals surface area contributed by atoms with E-state index in [1.54, 1.807) is 0 Å². The standard InChI is InChI=1S/C18H25N/c1-3-10-15(2)19-18(16-11-6-4-7-12-16)17-13-8-5-9-14-17/h1,4,6-7,11-12,15,17-19H,5,8-10,13-14H2,2H3. The summed E-state index contributed by atoms with van der Waals surface area (Å²) in [6.07, 6.45) is 13.1. The van der Waals surface area contributed by atoms with Crippen molar-refractivity contribution in [1.82, 2.24) is 5.32 Å². The number of rotatable bonds is 5. The lowest BCUT2D eigenvalue weighted by molar-refractivity contribution is 0.257. The molecular formula is C18H25N. The normalized spacial score (nSPS) is 19.6. The third-order valence-electron chi connectivity index (χ3n) is 4.17. The van der Waals surface area contributed by atoms with Gasteiger partial charge in [0.25, 0.3) is 0 Å². The highest BCUT2D eigenvalue weighted by molar-refractivity contribution is 5.20. The molecule has 1 aliphatic rings. The number of nitrogens with one attached hydrogen (secondary N) is 1. The first-order valence-corrected chi connectivity index (χ1v) is 7.55. The molecule has 0 aliphatic heterocycles. The van der Waals surface area contributed by atoms with Crippen molar-refractivity contribution < 1.29 is 0 Å². The zero-order valence-electron chi connectivity index (χ0n) is 11.9. The molecule has 1 N–H and O–H groups in total. The van der Waals surface area contributed by atoms with Gasteiger partial charge in [-0.2, -0.15) is 0 Å². The highest BCUT2D eigenvalue weighted by atomic mass is 15.0. The maximum atomic E-state index is 5.43. The Kier molecular flexibility index (Phi) is 5.48. The number of benzene rings is 1. The third kappa shape index (κ3) is 4.11. The van der Waals surface area contributed by atoms with Crippen LogP contribution in [0.15, 0.2) is 30.3 Å². The third-order valence-corrected chi connectivity index (χ3v) is 4.17. The van der Waals surface area contributed by atoms with Crippen molar-refractivity contribution in [2.75, 3.05) is 0 Å². The fourth-order valence-electron chi connectivity index (χ4n) is 3.17. The van der Waals surface area contributed by atoms with Crippen LogP contribution in [0.4, 0.5) is 0 Å². The molecule has 102 valence electrons. The Labute approximate surface area is 117 Å². The molecular weight excluding hydrogens is 230 g/mol. The largest absolute Gasteiger partial charge is 0.306 e. The number of terminal acetylenes is 1. The Morgan fingerprint density at radius 1 is 1.21 bits per heavy atom. The Morgan fingerprint density at radius 2 is 1.89 bits per heavy atom. The second kappa shape index (κ2) is 7.36. The lowest BCUT2D eigenvalue weighted by Gasteiger charge is -2.33. The van der Waals surface area contributed by atoms with E-state index in [1.807, 2.05) is 0 Å². The van der Waals surface area contributed by atoms with Gasteiger partial charge in [-0.15, -0.1) is 12.3 Å². The van der Waals surface area contributed by atoms with E-state index in [-0.39, 0.29) is 0 Å². The molecule has 0 aromatic heterocycles. The Bertz CT molecular complexity index is 397. The van der Waals surface area contributed by atoms with Gasteiger partial charge in [-0.25, -0.2) is 0 Å². The van der Waals surface area contributed by atoms with Gasteiger partial charge in [-0.3, -0.25) is 0 Å². The zero-order chi connectivity index (χ0) is 13.5. The van der Waals surface area contributed by atoms with Gasteiger partial charge in [0, 0.05) is 18.5 Å². The van der Waals surface area contributed by atoms with Crippen molar-refractivity contribution in [3.63, 3.8) is 0 Å². The van der Waals surface area contributed by atoms with Gasteiger partial charge in [-0.05, 0) is 31.2 Å². The molecule has 0 bridgehead atoms. The quantitative estimate of drug-likeness (QED) is 0.773. The summed E-state index contributed by atoms with van der Waals surface area (Å²) in [5, 5.41) is 3.76. The summed E-state index contributed by atoms with van der Waals surface area (Å²) in [5.74, 6) is 3.53. The van der Waals surface area contributed by atoms with E-state index in [2.05, 4.69) is 48.5 Å². The molecule has 1 nitrogen and oxygen atoms in total. The van der Waals surface area contributed by atoms with Crippen LogP contribution in [0.1, 0.15) is 57.1 Å². The van der Waals surface area contributed by atoms with Crippen molar-refractivity contribution in [2.45, 2.75) is 57.5 Å². The van der Waals surface area contributed by atoms with Crippen LogP contribution >= 0.6 is 0 Å². The van der Waals surface area contributed by atoms with Crippen LogP contribution in [0.2, 0.25) is 0 Å². The summed E-state index contributed by atoms with van der Waals surface area (Å²) in [6.45, 7) is 2.19. The van der Waals surface area contributed by atoms with Gasteiger partial charge in [-0.1, -0.05) is 49.6 Å². The van der Waals surface area contributed by atoms with Crippen LogP contribution in [0, 0.1) is 18.3 Å². The zero-order valence-corrected chi connectivity index (χ0v) is 11.9.